The molecule has 30 heavy (non-hydrogen) atoms. The minimum absolute atomic E-state index is 0.0152. The maximum absolute atomic E-state index is 12.5. The number of hydrogen-bond donors (Lipinski definition) is 3. The number of rotatable bonds is 8. The molecule has 0 saturated heterocycles. The van der Waals surface area contributed by atoms with Crippen LogP contribution in [0.2, 0.25) is 0 Å². The molecule has 1 fully saturated rings. The van der Waals surface area contributed by atoms with Crippen LogP contribution in [0, 0.1) is 5.92 Å². The molecule has 1 atom stereocenters. The van der Waals surface area contributed by atoms with Crippen LogP contribution >= 0.6 is 0 Å². The normalized spacial score (nSPS) is 14.7. The number of aromatic nitrogens is 2. The molecular formula is C19H19F3N4O4. The lowest BCUT2D eigenvalue weighted by molar-refractivity contribution is -0.154. The van der Waals surface area contributed by atoms with E-state index in [1.807, 2.05) is 0 Å². The number of nitrogens with one attached hydrogen (secondary N) is 2. The summed E-state index contributed by atoms with van der Waals surface area (Å²) in [5.41, 5.74) is 0.592. The molecule has 2 heterocycles. The minimum Gasteiger partial charge on any atom is -0.468 e. The van der Waals surface area contributed by atoms with Crippen LogP contribution in [0.5, 0.6) is 5.88 Å². The van der Waals surface area contributed by atoms with Gasteiger partial charge in [-0.2, -0.15) is 13.2 Å². The molecule has 1 unspecified atom stereocenters. The van der Waals surface area contributed by atoms with E-state index in [-0.39, 0.29) is 29.1 Å². The molecule has 3 rings (SSSR count). The first-order chi connectivity index (χ1) is 14.2. The Morgan fingerprint density at radius 3 is 2.60 bits per heavy atom. The minimum atomic E-state index is -4.48. The van der Waals surface area contributed by atoms with Crippen molar-refractivity contribution in [1.82, 2.24) is 15.3 Å². The number of ether oxygens (including phenoxy) is 1. The van der Waals surface area contributed by atoms with Crippen LogP contribution in [0.3, 0.4) is 0 Å². The predicted octanol–water partition coefficient (Wildman–Crippen LogP) is 2.23. The van der Waals surface area contributed by atoms with Gasteiger partial charge in [-0.25, -0.2) is 9.97 Å². The van der Waals surface area contributed by atoms with Gasteiger partial charge in [-0.05, 0) is 36.6 Å². The highest BCUT2D eigenvalue weighted by Crippen LogP contribution is 2.30. The van der Waals surface area contributed by atoms with Gasteiger partial charge in [0.1, 0.15) is 5.82 Å². The van der Waals surface area contributed by atoms with Gasteiger partial charge in [0.25, 0.3) is 5.91 Å². The zero-order valence-electron chi connectivity index (χ0n) is 15.6. The van der Waals surface area contributed by atoms with Gasteiger partial charge in [-0.15, -0.1) is 0 Å². The van der Waals surface area contributed by atoms with Gasteiger partial charge in [-0.1, -0.05) is 0 Å². The summed E-state index contributed by atoms with van der Waals surface area (Å²) in [7, 11) is 0. The second kappa shape index (κ2) is 9.08. The molecule has 8 nitrogen and oxygen atoms in total. The Morgan fingerprint density at radius 2 is 2.00 bits per heavy atom. The number of carbonyl (C=O) groups is 2. The maximum atomic E-state index is 12.5. The van der Waals surface area contributed by atoms with Crippen molar-refractivity contribution < 1.29 is 32.6 Å². The summed E-state index contributed by atoms with van der Waals surface area (Å²) in [6, 6.07) is 4.63. The van der Waals surface area contributed by atoms with Gasteiger partial charge in [0.05, 0.1) is 12.6 Å². The fourth-order valence-electron chi connectivity index (χ4n) is 2.53. The molecule has 160 valence electrons. The maximum Gasteiger partial charge on any atom is 0.422 e. The summed E-state index contributed by atoms with van der Waals surface area (Å²) >= 11 is 0. The van der Waals surface area contributed by atoms with E-state index in [0.29, 0.717) is 5.56 Å². The molecule has 1 aliphatic rings. The first-order valence-electron chi connectivity index (χ1n) is 9.09. The Hall–Kier alpha value is -3.21. The Bertz CT molecular complexity index is 901. The Morgan fingerprint density at radius 1 is 1.23 bits per heavy atom. The third-order valence-electron chi connectivity index (χ3n) is 4.25. The molecule has 11 heteroatoms. The summed E-state index contributed by atoms with van der Waals surface area (Å²) < 4.78 is 41.1. The average Bonchev–Trinajstić information content (AvgIpc) is 3.56. The van der Waals surface area contributed by atoms with Crippen LogP contribution in [0.4, 0.5) is 19.0 Å². The zero-order valence-corrected chi connectivity index (χ0v) is 15.6. The number of halogens is 3. The van der Waals surface area contributed by atoms with Crippen molar-refractivity contribution in [1.29, 1.82) is 0 Å². The number of aliphatic hydroxyl groups excluding tert-OH is 1. The highest BCUT2D eigenvalue weighted by molar-refractivity contribution is 5.97. The number of alkyl halides is 3. The van der Waals surface area contributed by atoms with Crippen molar-refractivity contribution in [3.63, 3.8) is 0 Å². The van der Waals surface area contributed by atoms with E-state index in [0.717, 1.165) is 12.8 Å². The van der Waals surface area contributed by atoms with E-state index in [1.165, 1.54) is 36.7 Å². The van der Waals surface area contributed by atoms with Gasteiger partial charge >= 0.3 is 6.18 Å². The number of anilines is 1. The Balaban J connectivity index is 1.62. The quantitative estimate of drug-likeness (QED) is 0.599. The van der Waals surface area contributed by atoms with Crippen LogP contribution in [0.1, 0.15) is 34.8 Å². The van der Waals surface area contributed by atoms with E-state index in [9.17, 15) is 27.9 Å². The summed E-state index contributed by atoms with van der Waals surface area (Å²) in [5.74, 6) is -0.682. The smallest absolute Gasteiger partial charge is 0.422 e. The molecule has 0 aliphatic heterocycles. The number of nitrogens with zero attached hydrogens (tertiary/aromatic N) is 2. The van der Waals surface area contributed by atoms with Crippen molar-refractivity contribution >= 4 is 17.6 Å². The zero-order chi connectivity index (χ0) is 21.7. The fourth-order valence-corrected chi connectivity index (χ4v) is 2.53. The van der Waals surface area contributed by atoms with Crippen LogP contribution in [0.15, 0.2) is 36.7 Å². The third kappa shape index (κ3) is 6.14. The molecule has 1 aliphatic carbocycles. The lowest BCUT2D eigenvalue weighted by atomic mass is 10.1. The topological polar surface area (TPSA) is 113 Å². The summed E-state index contributed by atoms with van der Waals surface area (Å²) in [6.45, 7) is -1.94. The van der Waals surface area contributed by atoms with Crippen molar-refractivity contribution in [2.45, 2.75) is 25.1 Å². The highest BCUT2D eigenvalue weighted by atomic mass is 19.4. The first kappa shape index (κ1) is 21.5. The second-order valence-corrected chi connectivity index (χ2v) is 6.74. The lowest BCUT2D eigenvalue weighted by Crippen LogP contribution is -2.31. The number of carbonyl (C=O) groups excluding carboxylic acids is 2. The number of hydrogen-bond acceptors (Lipinski definition) is 6. The van der Waals surface area contributed by atoms with Gasteiger partial charge in [0, 0.05) is 29.9 Å². The van der Waals surface area contributed by atoms with Crippen LogP contribution < -0.4 is 15.4 Å². The lowest BCUT2D eigenvalue weighted by Gasteiger charge is -2.17. The molecule has 0 radical (unpaired) electrons. The molecule has 2 aromatic heterocycles. The van der Waals surface area contributed by atoms with Crippen LogP contribution in [-0.2, 0) is 4.79 Å². The van der Waals surface area contributed by atoms with Crippen molar-refractivity contribution in [3.8, 4) is 5.88 Å². The summed E-state index contributed by atoms with van der Waals surface area (Å²) in [4.78, 5) is 32.1. The van der Waals surface area contributed by atoms with Gasteiger partial charge < -0.3 is 20.5 Å². The van der Waals surface area contributed by atoms with Crippen LogP contribution in [0.25, 0.3) is 0 Å². The number of pyridine rings is 2. The molecule has 3 N–H and O–H groups in total. The van der Waals surface area contributed by atoms with Crippen LogP contribution in [-0.4, -0.2) is 46.3 Å². The monoisotopic (exact) mass is 424 g/mol. The van der Waals surface area contributed by atoms with Crippen molar-refractivity contribution in [2.75, 3.05) is 18.5 Å². The predicted molar refractivity (Wildman–Crippen MR) is 98.7 cm³/mol. The third-order valence-corrected chi connectivity index (χ3v) is 4.25. The summed E-state index contributed by atoms with van der Waals surface area (Å²) in [5, 5.41) is 14.8. The van der Waals surface area contributed by atoms with E-state index >= 15 is 0 Å². The molecule has 1 saturated carbocycles. The van der Waals surface area contributed by atoms with Crippen molar-refractivity contribution in [2.24, 2.45) is 5.92 Å². The largest absolute Gasteiger partial charge is 0.468 e. The summed E-state index contributed by atoms with van der Waals surface area (Å²) in [6.07, 6.45) is -0.236. The van der Waals surface area contributed by atoms with E-state index in [2.05, 4.69) is 25.3 Å². The van der Waals surface area contributed by atoms with Gasteiger partial charge in [0.2, 0.25) is 11.8 Å². The molecular weight excluding hydrogens is 405 g/mol. The Labute approximate surface area is 169 Å². The van der Waals surface area contributed by atoms with E-state index < -0.39 is 31.3 Å². The first-order valence-corrected chi connectivity index (χ1v) is 9.09. The SMILES string of the molecule is O=C(NC(CO)c1ccc(OCC(F)(F)F)nc1)c1ccnc(NC(=O)C2CC2)c1. The highest BCUT2D eigenvalue weighted by Gasteiger charge is 2.30. The van der Waals surface area contributed by atoms with Crippen molar-refractivity contribution in [3.05, 3.63) is 47.8 Å². The van der Waals surface area contributed by atoms with E-state index in [4.69, 9.17) is 0 Å². The number of amides is 2. The average molecular weight is 424 g/mol. The molecule has 0 spiro atoms. The molecule has 0 aromatic carbocycles. The molecule has 2 amide bonds. The standard InChI is InChI=1S/C19H19F3N4O4/c20-19(21,22)10-30-16-4-3-13(8-24-16)14(9-27)25-18(29)12-5-6-23-15(7-12)26-17(28)11-1-2-11/h3-8,11,14,27H,1-2,9-10H2,(H,25,29)(H,23,26,28). The fraction of sp³-hybridized carbons (Fsp3) is 0.368. The second-order valence-electron chi connectivity index (χ2n) is 6.74. The molecule has 0 bridgehead atoms. The van der Waals surface area contributed by atoms with Gasteiger partial charge in [0.15, 0.2) is 6.61 Å². The van der Waals surface area contributed by atoms with Gasteiger partial charge in [-0.3, -0.25) is 9.59 Å². The molecule has 2 aromatic rings. The Kier molecular flexibility index (Phi) is 6.50. The number of aliphatic hydroxyl groups is 1. The van der Waals surface area contributed by atoms with E-state index in [1.54, 1.807) is 0 Å².